The second-order valence-electron chi connectivity index (χ2n) is 14.9. The van der Waals surface area contributed by atoms with E-state index in [1.54, 1.807) is 37.3 Å². The second-order valence-corrected chi connectivity index (χ2v) is 14.9. The van der Waals surface area contributed by atoms with Crippen LogP contribution in [0.3, 0.4) is 0 Å². The molecular weight excluding hydrogens is 727 g/mol. The van der Waals surface area contributed by atoms with Crippen molar-refractivity contribution in [3.63, 3.8) is 0 Å². The first-order valence-corrected chi connectivity index (χ1v) is 19.2. The standard InChI is InChI=1S/C44H49N5O8/c1-4-25(22-47-5-2)43(54)56-34-20-32-40(53)38-33(52)19-30(23-50)55-42(38)39-37(27-14-15-48-36(46)18-27)31(26-8-6-10-29(51)17-26)11-7-9-28(44(34,3)57-41(32)39)16-24-12-13-35(45)49-21-24/h4,6,8,10,12-14,17-19,21,28,31,34-35,37,47-51,53H,5,9,15-16,20,22-23,45-46H2,1-3H3. The van der Waals surface area contributed by atoms with Crippen LogP contribution in [0, 0.1) is 17.8 Å². The van der Waals surface area contributed by atoms with E-state index in [1.165, 1.54) is 0 Å². The normalized spacial score (nSPS) is 25.4. The van der Waals surface area contributed by atoms with Crippen LogP contribution in [0.4, 0.5) is 0 Å². The zero-order valence-electron chi connectivity index (χ0n) is 32.2. The Labute approximate surface area is 330 Å². The molecule has 298 valence electrons. The number of hydrogen-bond acceptors (Lipinski definition) is 13. The number of carbonyl (C=O) groups excluding carboxylic acids is 1. The summed E-state index contributed by atoms with van der Waals surface area (Å²) in [6, 6.07) is 7.98. The molecule has 57 heavy (non-hydrogen) atoms. The third-order valence-corrected chi connectivity index (χ3v) is 11.3. The van der Waals surface area contributed by atoms with Gasteiger partial charge in [-0.3, -0.25) is 4.79 Å². The molecular formula is C44H49N5O8. The van der Waals surface area contributed by atoms with Gasteiger partial charge >= 0.3 is 5.97 Å². The van der Waals surface area contributed by atoms with E-state index in [9.17, 15) is 24.9 Å². The van der Waals surface area contributed by atoms with E-state index >= 15 is 0 Å². The third kappa shape index (κ3) is 7.64. The van der Waals surface area contributed by atoms with Gasteiger partial charge in [-0.1, -0.05) is 43.2 Å². The predicted molar refractivity (Wildman–Crippen MR) is 216 cm³/mol. The van der Waals surface area contributed by atoms with Gasteiger partial charge in [-0.25, -0.2) is 4.79 Å². The van der Waals surface area contributed by atoms with Crippen LogP contribution in [0.2, 0.25) is 0 Å². The Morgan fingerprint density at radius 2 is 2.07 bits per heavy atom. The molecule has 1 aromatic heterocycles. The third-order valence-electron chi connectivity index (χ3n) is 11.3. The van der Waals surface area contributed by atoms with Gasteiger partial charge in [0.2, 0.25) is 0 Å². The van der Waals surface area contributed by atoms with Crippen molar-refractivity contribution in [3.8, 4) is 29.1 Å². The molecule has 4 aliphatic heterocycles. The van der Waals surface area contributed by atoms with Gasteiger partial charge in [0, 0.05) is 66.7 Å². The van der Waals surface area contributed by atoms with Gasteiger partial charge in [-0.2, -0.15) is 0 Å². The molecule has 0 radical (unpaired) electrons. The van der Waals surface area contributed by atoms with Gasteiger partial charge in [0.15, 0.2) is 5.43 Å². The van der Waals surface area contributed by atoms with Crippen molar-refractivity contribution in [1.29, 1.82) is 0 Å². The zero-order chi connectivity index (χ0) is 40.4. The summed E-state index contributed by atoms with van der Waals surface area (Å²) < 4.78 is 20.1. The minimum absolute atomic E-state index is 0.0130. The van der Waals surface area contributed by atoms with Crippen LogP contribution in [-0.4, -0.2) is 58.8 Å². The van der Waals surface area contributed by atoms with E-state index < -0.39 is 47.5 Å². The number of ether oxygens (including phenoxy) is 2. The Hall–Kier alpha value is -5.94. The van der Waals surface area contributed by atoms with Crippen molar-refractivity contribution in [2.24, 2.45) is 17.4 Å². The number of aromatic hydroxyl groups is 2. The number of aliphatic hydroxyl groups is 1. The molecule has 13 nitrogen and oxygen atoms in total. The molecule has 0 saturated carbocycles. The lowest BCUT2D eigenvalue weighted by molar-refractivity contribution is -0.164. The van der Waals surface area contributed by atoms with Crippen LogP contribution in [0.15, 0.2) is 98.7 Å². The number of phenolic OH excluding ortho intramolecular Hbond substituents is 2. The molecule has 6 atom stereocenters. The number of nitrogens with one attached hydrogen (secondary N) is 3. The Balaban J connectivity index is 1.55. The molecule has 0 fully saturated rings. The molecule has 3 aromatic rings. The lowest BCUT2D eigenvalue weighted by Crippen LogP contribution is -2.56. The van der Waals surface area contributed by atoms with Crippen molar-refractivity contribution < 1.29 is 34.0 Å². The quantitative estimate of drug-likeness (QED) is 0.0838. The summed E-state index contributed by atoms with van der Waals surface area (Å²) in [6.45, 7) is 6.35. The maximum atomic E-state index is 14.0. The maximum absolute atomic E-state index is 14.0. The van der Waals surface area contributed by atoms with E-state index in [0.717, 1.165) is 17.2 Å². The fraction of sp³-hybridized carbons (Fsp3) is 0.364. The largest absolute Gasteiger partial charge is 0.508 e. The molecule has 2 bridgehead atoms. The molecule has 7 rings (SSSR count). The number of allylic oxidation sites excluding steroid dienone is 5. The summed E-state index contributed by atoms with van der Waals surface area (Å²) in [6.07, 6.45) is 10.5. The Kier molecular flexibility index (Phi) is 11.2. The Morgan fingerprint density at radius 3 is 2.77 bits per heavy atom. The van der Waals surface area contributed by atoms with Crippen LogP contribution in [0.25, 0.3) is 11.0 Å². The van der Waals surface area contributed by atoms with Gasteiger partial charge in [-0.05, 0) is 67.8 Å². The van der Waals surface area contributed by atoms with E-state index in [4.69, 9.17) is 25.4 Å². The van der Waals surface area contributed by atoms with Crippen molar-refractivity contribution >= 4 is 16.9 Å². The number of fused-ring (bicyclic) bond motifs is 3. The van der Waals surface area contributed by atoms with E-state index in [2.05, 4.69) is 27.8 Å². The predicted octanol–water partition coefficient (Wildman–Crippen LogP) is 3.80. The highest BCUT2D eigenvalue weighted by Gasteiger charge is 2.52. The number of phenols is 2. The maximum Gasteiger partial charge on any atom is 0.335 e. The van der Waals surface area contributed by atoms with Gasteiger partial charge in [-0.15, -0.1) is 5.92 Å². The van der Waals surface area contributed by atoms with E-state index in [0.29, 0.717) is 48.5 Å². The summed E-state index contributed by atoms with van der Waals surface area (Å²) in [7, 11) is 0. The summed E-state index contributed by atoms with van der Waals surface area (Å²) in [5, 5.41) is 42.6. The first-order chi connectivity index (χ1) is 27.4. The molecule has 2 aromatic carbocycles. The number of hydrogen-bond donors (Lipinski definition) is 8. The number of aliphatic hydroxyl groups excluding tert-OH is 1. The summed E-state index contributed by atoms with van der Waals surface area (Å²) >= 11 is 0. The number of rotatable bonds is 10. The Bertz CT molecular complexity index is 2360. The smallest absolute Gasteiger partial charge is 0.335 e. The minimum atomic E-state index is -1.27. The molecule has 0 aliphatic carbocycles. The van der Waals surface area contributed by atoms with Crippen LogP contribution in [0.5, 0.6) is 17.2 Å². The topological polar surface area (TPSA) is 215 Å². The van der Waals surface area contributed by atoms with Gasteiger partial charge in [0.05, 0.1) is 17.9 Å². The van der Waals surface area contributed by atoms with E-state index in [-0.39, 0.29) is 58.7 Å². The molecule has 0 spiro atoms. The second kappa shape index (κ2) is 16.3. The van der Waals surface area contributed by atoms with Crippen molar-refractivity contribution in [2.75, 3.05) is 19.6 Å². The molecule has 4 aliphatic rings. The van der Waals surface area contributed by atoms with Crippen molar-refractivity contribution in [2.45, 2.75) is 76.3 Å². The summed E-state index contributed by atoms with van der Waals surface area (Å²) in [5.74, 6) is 4.93. The van der Waals surface area contributed by atoms with Gasteiger partial charge in [0.25, 0.3) is 0 Å². The Morgan fingerprint density at radius 1 is 1.25 bits per heavy atom. The number of dihydropyridines is 2. The molecule has 0 amide bonds. The number of likely N-dealkylation sites (N-methyl/N-ethyl adjacent to an activating group) is 1. The first kappa shape index (κ1) is 39.3. The van der Waals surface area contributed by atoms with Crippen molar-refractivity contribution in [3.05, 3.63) is 122 Å². The molecule has 0 saturated heterocycles. The highest BCUT2D eigenvalue weighted by Crippen LogP contribution is 2.55. The van der Waals surface area contributed by atoms with Gasteiger partial charge < -0.3 is 56.6 Å². The molecule has 6 unspecified atom stereocenters. The lowest BCUT2D eigenvalue weighted by Gasteiger charge is -2.48. The number of nitrogens with two attached hydrogens (primary N) is 2. The number of benzene rings is 2. The number of esters is 1. The SMILES string of the molecule is CC=C(CNCC)C(=O)OC1Cc2c3c(c4oc(CO)cc(=O)c4c2O)C(C2=CCNC(N)=C2)C(c2cccc(O)c2)C#CCC(CC2=CNC(N)C=C2)C1(C)O3. The summed E-state index contributed by atoms with van der Waals surface area (Å²) in [4.78, 5) is 27.9. The molecule has 13 heteroatoms. The van der Waals surface area contributed by atoms with Crippen LogP contribution >= 0.6 is 0 Å². The van der Waals surface area contributed by atoms with Gasteiger partial charge in [0.1, 0.15) is 52.3 Å². The highest BCUT2D eigenvalue weighted by atomic mass is 16.6. The average molecular weight is 776 g/mol. The lowest BCUT2D eigenvalue weighted by atomic mass is 9.70. The van der Waals surface area contributed by atoms with Crippen molar-refractivity contribution in [1.82, 2.24) is 16.0 Å². The molecule has 5 heterocycles. The first-order valence-electron chi connectivity index (χ1n) is 19.2. The van der Waals surface area contributed by atoms with E-state index in [1.807, 2.05) is 44.3 Å². The summed E-state index contributed by atoms with van der Waals surface area (Å²) in [5.41, 5.74) is 14.1. The molecule has 10 N–H and O–H groups in total. The zero-order valence-corrected chi connectivity index (χ0v) is 32.2. The minimum Gasteiger partial charge on any atom is -0.508 e. The van der Waals surface area contributed by atoms with Crippen LogP contribution in [0.1, 0.15) is 67.9 Å². The van der Waals surface area contributed by atoms with Crippen LogP contribution < -0.4 is 37.6 Å². The monoisotopic (exact) mass is 775 g/mol. The fourth-order valence-corrected chi connectivity index (χ4v) is 8.19. The number of carbonyl (C=O) groups is 1. The van der Waals surface area contributed by atoms with Crippen LogP contribution in [-0.2, 0) is 22.6 Å². The highest BCUT2D eigenvalue weighted by molar-refractivity contribution is 5.92. The average Bonchev–Trinajstić information content (AvgIpc) is 3.19. The fourth-order valence-electron chi connectivity index (χ4n) is 8.19.